The van der Waals surface area contributed by atoms with E-state index < -0.39 is 11.4 Å². The molecule has 39 heavy (non-hydrogen) atoms. The van der Waals surface area contributed by atoms with Crippen LogP contribution in [0.25, 0.3) is 0 Å². The van der Waals surface area contributed by atoms with Gasteiger partial charge in [0.15, 0.2) is 0 Å². The van der Waals surface area contributed by atoms with Crippen LogP contribution >= 0.6 is 15.9 Å². The zero-order valence-corrected chi connectivity index (χ0v) is 24.7. The molecule has 2 saturated heterocycles. The van der Waals surface area contributed by atoms with E-state index in [4.69, 9.17) is 4.74 Å². The van der Waals surface area contributed by atoms with E-state index in [1.54, 1.807) is 33.2 Å². The Morgan fingerprint density at radius 3 is 2.46 bits per heavy atom. The number of nitrogens with zero attached hydrogens (tertiary/aromatic N) is 4. The van der Waals surface area contributed by atoms with Gasteiger partial charge >= 0.3 is 0 Å². The van der Waals surface area contributed by atoms with Crippen LogP contribution < -0.4 is 20.3 Å². The van der Waals surface area contributed by atoms with E-state index in [2.05, 4.69) is 66.4 Å². The van der Waals surface area contributed by atoms with Gasteiger partial charge in [-0.15, -0.1) is 0 Å². The van der Waals surface area contributed by atoms with Gasteiger partial charge in [-0.1, -0.05) is 0 Å². The maximum absolute atomic E-state index is 13.9. The van der Waals surface area contributed by atoms with Gasteiger partial charge in [0.25, 0.3) is 0 Å². The first-order valence-corrected chi connectivity index (χ1v) is 14.0. The Hall–Kier alpha value is -2.95. The molecule has 3 heterocycles. The summed E-state index contributed by atoms with van der Waals surface area (Å²) in [5.41, 5.74) is 3.22. The van der Waals surface area contributed by atoms with E-state index in [1.165, 1.54) is 38.1 Å². The van der Waals surface area contributed by atoms with Crippen molar-refractivity contribution >= 4 is 44.8 Å². The second-order valence-electron chi connectivity index (χ2n) is 11.4. The normalized spacial score (nSPS) is 17.2. The van der Waals surface area contributed by atoms with E-state index in [0.717, 1.165) is 35.8 Å². The van der Waals surface area contributed by atoms with E-state index in [0.29, 0.717) is 32.9 Å². The van der Waals surface area contributed by atoms with E-state index in [1.807, 2.05) is 6.07 Å². The minimum atomic E-state index is -1.25. The molecule has 8 nitrogen and oxygen atoms in total. The summed E-state index contributed by atoms with van der Waals surface area (Å²) < 4.78 is 20.4. The summed E-state index contributed by atoms with van der Waals surface area (Å²) in [6.07, 6.45) is 4.05. The maximum Gasteiger partial charge on any atom is 0.229 e. The van der Waals surface area contributed by atoms with E-state index >= 15 is 0 Å². The van der Waals surface area contributed by atoms with Crippen LogP contribution in [0.5, 0.6) is 5.75 Å². The second-order valence-corrected chi connectivity index (χ2v) is 12.2. The van der Waals surface area contributed by atoms with Gasteiger partial charge < -0.3 is 30.3 Å². The van der Waals surface area contributed by atoms with Crippen molar-refractivity contribution in [1.29, 1.82) is 0 Å². The molecule has 0 unspecified atom stereocenters. The fraction of sp³-hybridized carbons (Fsp3) is 0.448. The Morgan fingerprint density at radius 2 is 1.82 bits per heavy atom. The Labute approximate surface area is 237 Å². The van der Waals surface area contributed by atoms with Crippen LogP contribution in [0.3, 0.4) is 0 Å². The number of halogens is 2. The number of rotatable bonds is 7. The van der Waals surface area contributed by atoms with E-state index in [9.17, 15) is 9.50 Å². The third-order valence-electron chi connectivity index (χ3n) is 7.79. The van der Waals surface area contributed by atoms with Gasteiger partial charge in [0.2, 0.25) is 5.95 Å². The topological polar surface area (TPSA) is 85.8 Å². The van der Waals surface area contributed by atoms with Gasteiger partial charge in [-0.25, -0.2) is 9.37 Å². The summed E-state index contributed by atoms with van der Waals surface area (Å²) >= 11 is 3.49. The molecule has 0 saturated carbocycles. The number of likely N-dealkylation sites (tertiary alicyclic amines) is 1. The lowest BCUT2D eigenvalue weighted by Crippen LogP contribution is -2.58. The summed E-state index contributed by atoms with van der Waals surface area (Å²) in [5.74, 6) is 1.25. The highest BCUT2D eigenvalue weighted by molar-refractivity contribution is 9.10. The summed E-state index contributed by atoms with van der Waals surface area (Å²) in [5, 5.41) is 17.1. The first-order valence-electron chi connectivity index (χ1n) is 13.2. The third kappa shape index (κ3) is 5.83. The highest BCUT2D eigenvalue weighted by Gasteiger charge is 2.43. The predicted molar refractivity (Wildman–Crippen MR) is 157 cm³/mol. The average molecular weight is 600 g/mol. The van der Waals surface area contributed by atoms with Crippen LogP contribution in [0.4, 0.5) is 33.2 Å². The van der Waals surface area contributed by atoms with Gasteiger partial charge in [0, 0.05) is 55.4 Å². The fourth-order valence-corrected chi connectivity index (χ4v) is 6.04. The van der Waals surface area contributed by atoms with Gasteiger partial charge in [-0.05, 0) is 91.8 Å². The first-order chi connectivity index (χ1) is 18.5. The van der Waals surface area contributed by atoms with Gasteiger partial charge in [-0.3, -0.25) is 0 Å². The number of hydrogen-bond acceptors (Lipinski definition) is 8. The number of piperidine rings is 1. The van der Waals surface area contributed by atoms with Crippen molar-refractivity contribution in [2.75, 3.05) is 55.9 Å². The average Bonchev–Trinajstić information content (AvgIpc) is 2.87. The third-order valence-corrected chi connectivity index (χ3v) is 8.37. The highest BCUT2D eigenvalue weighted by atomic mass is 79.9. The Morgan fingerprint density at radius 1 is 1.10 bits per heavy atom. The molecule has 1 spiro atoms. The molecule has 0 radical (unpaired) electrons. The summed E-state index contributed by atoms with van der Waals surface area (Å²) in [6.45, 7) is 9.73. The number of hydrogen-bond donors (Lipinski definition) is 3. The highest BCUT2D eigenvalue weighted by Crippen LogP contribution is 2.43. The number of ether oxygens (including phenoxy) is 1. The molecule has 0 bridgehead atoms. The van der Waals surface area contributed by atoms with Crippen LogP contribution in [0.15, 0.2) is 41.0 Å². The monoisotopic (exact) mass is 598 g/mol. The van der Waals surface area contributed by atoms with Crippen LogP contribution in [0.2, 0.25) is 0 Å². The standard InChI is InChI=1S/C29H36BrFN6O2/c1-18-12-24(37-10-8-29(9-11-37)16-36(4)17-29)25(39-5)14-23(18)34-27-32-15-21(30)26(35-27)33-22-7-6-19(31)13-20(22)28(2,3)38/h6-7,12-15,38H,8-11,16-17H2,1-5H3,(H2,32,33,34,35). The van der Waals surface area contributed by atoms with Crippen molar-refractivity contribution in [3.8, 4) is 5.75 Å². The molecule has 0 atom stereocenters. The Balaban J connectivity index is 1.36. The van der Waals surface area contributed by atoms with Gasteiger partial charge in [0.1, 0.15) is 17.4 Å². The molecule has 2 fully saturated rings. The molecule has 1 aromatic heterocycles. The summed E-state index contributed by atoms with van der Waals surface area (Å²) in [6, 6.07) is 8.41. The second kappa shape index (κ2) is 10.6. The van der Waals surface area contributed by atoms with Crippen LogP contribution in [-0.4, -0.2) is 60.3 Å². The molecule has 2 aliphatic rings. The molecule has 2 aromatic carbocycles. The minimum absolute atomic E-state index is 0.388. The van der Waals surface area contributed by atoms with Crippen molar-refractivity contribution in [2.45, 2.75) is 39.2 Å². The van der Waals surface area contributed by atoms with Crippen molar-refractivity contribution in [2.24, 2.45) is 5.41 Å². The molecule has 208 valence electrons. The van der Waals surface area contributed by atoms with E-state index in [-0.39, 0.29) is 0 Å². The zero-order valence-electron chi connectivity index (χ0n) is 23.1. The molecule has 10 heteroatoms. The zero-order chi connectivity index (χ0) is 27.9. The number of aryl methyl sites for hydroxylation is 1. The van der Waals surface area contributed by atoms with Crippen molar-refractivity contribution < 1.29 is 14.2 Å². The quantitative estimate of drug-likeness (QED) is 0.308. The number of aromatic nitrogens is 2. The Bertz CT molecular complexity index is 1360. The van der Waals surface area contributed by atoms with Crippen molar-refractivity contribution in [3.05, 3.63) is 57.9 Å². The molecule has 5 rings (SSSR count). The molecule has 0 aliphatic carbocycles. The Kier molecular flexibility index (Phi) is 7.47. The van der Waals surface area contributed by atoms with Crippen LogP contribution in [0.1, 0.15) is 37.8 Å². The SMILES string of the molecule is COc1cc(Nc2ncc(Br)c(Nc3ccc(F)cc3C(C)(C)O)n2)c(C)cc1N1CCC2(CC1)CN(C)C2. The molecule has 3 aromatic rings. The molecular formula is C29H36BrFN6O2. The molecule has 2 aliphatic heterocycles. The van der Waals surface area contributed by atoms with Crippen molar-refractivity contribution in [1.82, 2.24) is 14.9 Å². The largest absolute Gasteiger partial charge is 0.495 e. The molecule has 3 N–H and O–H groups in total. The smallest absolute Gasteiger partial charge is 0.229 e. The molecular weight excluding hydrogens is 563 g/mol. The van der Waals surface area contributed by atoms with Crippen LogP contribution in [0, 0.1) is 18.2 Å². The lowest BCUT2D eigenvalue weighted by molar-refractivity contribution is 0.00126. The number of anilines is 5. The predicted octanol–water partition coefficient (Wildman–Crippen LogP) is 5.94. The lowest BCUT2D eigenvalue weighted by atomic mass is 9.72. The first kappa shape index (κ1) is 27.6. The van der Waals surface area contributed by atoms with Gasteiger partial charge in [0.05, 0.1) is 22.9 Å². The maximum atomic E-state index is 13.9. The summed E-state index contributed by atoms with van der Waals surface area (Å²) in [4.78, 5) is 13.9. The number of aliphatic hydroxyl groups is 1. The summed E-state index contributed by atoms with van der Waals surface area (Å²) in [7, 11) is 3.89. The number of methoxy groups -OCH3 is 1. The lowest BCUT2D eigenvalue weighted by Gasteiger charge is -2.53. The number of nitrogens with one attached hydrogen (secondary N) is 2. The minimum Gasteiger partial charge on any atom is -0.495 e. The van der Waals surface area contributed by atoms with Crippen LogP contribution in [-0.2, 0) is 5.60 Å². The number of benzene rings is 2. The van der Waals surface area contributed by atoms with Crippen molar-refractivity contribution in [3.63, 3.8) is 0 Å². The molecule has 0 amide bonds. The fourth-order valence-electron chi connectivity index (χ4n) is 5.75. The van der Waals surface area contributed by atoms with Gasteiger partial charge in [-0.2, -0.15) is 4.98 Å².